The van der Waals surface area contributed by atoms with Crippen LogP contribution in [0.5, 0.6) is 11.5 Å². The average molecular weight is 315 g/mol. The standard InChI is InChI=1S/C16H17N3O4/c1-22-13-8-7-12(9-14(13)23-2)19-16(21)18-11-5-3-10(4-6-11)15(17)20/h3-9H,1-2H3,(H2,17,20)(H2,18,19,21). The van der Waals surface area contributed by atoms with Gasteiger partial charge in [-0.3, -0.25) is 4.79 Å². The maximum absolute atomic E-state index is 12.0. The number of ether oxygens (including phenoxy) is 2. The van der Waals surface area contributed by atoms with Crippen molar-refractivity contribution in [2.24, 2.45) is 5.73 Å². The van der Waals surface area contributed by atoms with Crippen molar-refractivity contribution in [1.29, 1.82) is 0 Å². The molecule has 120 valence electrons. The summed E-state index contributed by atoms with van der Waals surface area (Å²) in [6.45, 7) is 0. The normalized spacial score (nSPS) is 9.83. The molecule has 0 bridgehead atoms. The number of methoxy groups -OCH3 is 2. The van der Waals surface area contributed by atoms with Gasteiger partial charge in [0.25, 0.3) is 0 Å². The molecule has 0 aliphatic heterocycles. The summed E-state index contributed by atoms with van der Waals surface area (Å²) in [5.74, 6) is 0.558. The lowest BCUT2D eigenvalue weighted by atomic mass is 10.2. The number of carbonyl (C=O) groups is 2. The van der Waals surface area contributed by atoms with Crippen LogP contribution >= 0.6 is 0 Å². The second-order valence-corrected chi connectivity index (χ2v) is 4.59. The average Bonchev–Trinajstić information content (AvgIpc) is 2.55. The second kappa shape index (κ2) is 7.17. The molecule has 3 amide bonds. The summed E-state index contributed by atoms with van der Waals surface area (Å²) in [4.78, 5) is 23.0. The highest BCUT2D eigenvalue weighted by molar-refractivity contribution is 6.00. The molecule has 2 aromatic carbocycles. The van der Waals surface area contributed by atoms with E-state index in [4.69, 9.17) is 15.2 Å². The van der Waals surface area contributed by atoms with Crippen LogP contribution in [-0.4, -0.2) is 26.2 Å². The first-order valence-corrected chi connectivity index (χ1v) is 6.73. The van der Waals surface area contributed by atoms with Crippen LogP contribution in [0, 0.1) is 0 Å². The van der Waals surface area contributed by atoms with E-state index in [1.165, 1.54) is 26.4 Å². The van der Waals surface area contributed by atoms with E-state index in [1.54, 1.807) is 30.3 Å². The Hall–Kier alpha value is -3.22. The number of carbonyl (C=O) groups excluding carboxylic acids is 2. The number of hydrogen-bond acceptors (Lipinski definition) is 4. The number of nitrogens with one attached hydrogen (secondary N) is 2. The maximum atomic E-state index is 12.0. The van der Waals surface area contributed by atoms with E-state index in [9.17, 15) is 9.59 Å². The molecule has 0 fully saturated rings. The first-order valence-electron chi connectivity index (χ1n) is 6.73. The van der Waals surface area contributed by atoms with Gasteiger partial charge >= 0.3 is 6.03 Å². The summed E-state index contributed by atoms with van der Waals surface area (Å²) in [7, 11) is 3.05. The van der Waals surface area contributed by atoms with Gasteiger partial charge < -0.3 is 25.8 Å². The summed E-state index contributed by atoms with van der Waals surface area (Å²) in [6, 6.07) is 10.9. The molecule has 2 rings (SSSR count). The lowest BCUT2D eigenvalue weighted by molar-refractivity contribution is 0.100. The molecule has 0 spiro atoms. The molecule has 0 radical (unpaired) electrons. The Morgan fingerprint density at radius 2 is 1.43 bits per heavy atom. The summed E-state index contributed by atoms with van der Waals surface area (Å²) in [5, 5.41) is 5.32. The zero-order chi connectivity index (χ0) is 16.8. The summed E-state index contributed by atoms with van der Waals surface area (Å²) >= 11 is 0. The monoisotopic (exact) mass is 315 g/mol. The molecule has 23 heavy (non-hydrogen) atoms. The van der Waals surface area contributed by atoms with E-state index in [0.29, 0.717) is 28.4 Å². The highest BCUT2D eigenvalue weighted by Crippen LogP contribution is 2.29. The first kappa shape index (κ1) is 16.2. The molecular weight excluding hydrogens is 298 g/mol. The number of rotatable bonds is 5. The van der Waals surface area contributed by atoms with E-state index in [2.05, 4.69) is 10.6 Å². The maximum Gasteiger partial charge on any atom is 0.323 e. The molecule has 0 aliphatic carbocycles. The van der Waals surface area contributed by atoms with E-state index in [0.717, 1.165) is 0 Å². The fraction of sp³-hybridized carbons (Fsp3) is 0.125. The molecular formula is C16H17N3O4. The molecule has 7 nitrogen and oxygen atoms in total. The van der Waals surface area contributed by atoms with Gasteiger partial charge in [-0.1, -0.05) is 0 Å². The molecule has 7 heteroatoms. The minimum atomic E-state index is -0.522. The van der Waals surface area contributed by atoms with Gasteiger partial charge in [0, 0.05) is 23.0 Å². The van der Waals surface area contributed by atoms with Gasteiger partial charge in [-0.15, -0.1) is 0 Å². The van der Waals surface area contributed by atoms with Gasteiger partial charge in [0.15, 0.2) is 11.5 Å². The fourth-order valence-corrected chi connectivity index (χ4v) is 1.93. The number of amides is 3. The Labute approximate surface area is 133 Å². The number of primary amides is 1. The minimum Gasteiger partial charge on any atom is -0.493 e. The highest BCUT2D eigenvalue weighted by atomic mass is 16.5. The zero-order valence-electron chi connectivity index (χ0n) is 12.8. The number of urea groups is 1. The SMILES string of the molecule is COc1ccc(NC(=O)Nc2ccc(C(N)=O)cc2)cc1OC. The number of anilines is 2. The molecule has 0 saturated heterocycles. The zero-order valence-corrected chi connectivity index (χ0v) is 12.8. The van der Waals surface area contributed by atoms with Crippen molar-refractivity contribution < 1.29 is 19.1 Å². The summed E-state index contributed by atoms with van der Waals surface area (Å²) in [5.41, 5.74) is 6.61. The van der Waals surface area contributed by atoms with Gasteiger partial charge in [0.2, 0.25) is 5.91 Å². The lowest BCUT2D eigenvalue weighted by Crippen LogP contribution is -2.19. The van der Waals surface area contributed by atoms with Crippen molar-refractivity contribution in [2.45, 2.75) is 0 Å². The first-order chi connectivity index (χ1) is 11.0. The Balaban J connectivity index is 2.03. The van der Waals surface area contributed by atoms with E-state index >= 15 is 0 Å². The van der Waals surface area contributed by atoms with Crippen molar-refractivity contribution in [3.05, 3.63) is 48.0 Å². The van der Waals surface area contributed by atoms with E-state index < -0.39 is 11.9 Å². The Morgan fingerprint density at radius 1 is 0.870 bits per heavy atom. The Kier molecular flexibility index (Phi) is 5.03. The van der Waals surface area contributed by atoms with Crippen molar-refractivity contribution in [2.75, 3.05) is 24.9 Å². The van der Waals surface area contributed by atoms with Crippen LogP contribution in [0.1, 0.15) is 10.4 Å². The number of benzene rings is 2. The quantitative estimate of drug-likeness (QED) is 0.788. The van der Waals surface area contributed by atoms with Gasteiger partial charge in [0.1, 0.15) is 0 Å². The van der Waals surface area contributed by atoms with Crippen LogP contribution in [0.3, 0.4) is 0 Å². The van der Waals surface area contributed by atoms with E-state index in [-0.39, 0.29) is 0 Å². The molecule has 0 aliphatic rings. The molecule has 4 N–H and O–H groups in total. The Bertz CT molecular complexity index is 714. The van der Waals surface area contributed by atoms with Crippen LogP contribution in [0.4, 0.5) is 16.2 Å². The number of hydrogen-bond donors (Lipinski definition) is 3. The molecule has 2 aromatic rings. The topological polar surface area (TPSA) is 103 Å². The molecule has 0 heterocycles. The van der Waals surface area contributed by atoms with Gasteiger partial charge in [-0.05, 0) is 36.4 Å². The van der Waals surface area contributed by atoms with Crippen LogP contribution in [-0.2, 0) is 0 Å². The Morgan fingerprint density at radius 3 is 2.00 bits per heavy atom. The highest BCUT2D eigenvalue weighted by Gasteiger charge is 2.08. The van der Waals surface area contributed by atoms with Gasteiger partial charge in [-0.25, -0.2) is 4.79 Å². The predicted octanol–water partition coefficient (Wildman–Crippen LogP) is 2.45. The van der Waals surface area contributed by atoms with Crippen molar-refractivity contribution in [3.8, 4) is 11.5 Å². The van der Waals surface area contributed by atoms with Crippen molar-refractivity contribution in [1.82, 2.24) is 0 Å². The van der Waals surface area contributed by atoms with Crippen molar-refractivity contribution in [3.63, 3.8) is 0 Å². The second-order valence-electron chi connectivity index (χ2n) is 4.59. The third-order valence-corrected chi connectivity index (χ3v) is 3.07. The molecule has 0 aromatic heterocycles. The largest absolute Gasteiger partial charge is 0.493 e. The molecule has 0 unspecified atom stereocenters. The summed E-state index contributed by atoms with van der Waals surface area (Å²) in [6.07, 6.45) is 0. The predicted molar refractivity (Wildman–Crippen MR) is 87.1 cm³/mol. The van der Waals surface area contributed by atoms with Crippen LogP contribution in [0.15, 0.2) is 42.5 Å². The van der Waals surface area contributed by atoms with Crippen LogP contribution in [0.25, 0.3) is 0 Å². The van der Waals surface area contributed by atoms with Crippen LogP contribution < -0.4 is 25.8 Å². The smallest absolute Gasteiger partial charge is 0.323 e. The summed E-state index contributed by atoms with van der Waals surface area (Å²) < 4.78 is 10.3. The molecule has 0 saturated carbocycles. The third kappa shape index (κ3) is 4.13. The molecule has 0 atom stereocenters. The van der Waals surface area contributed by atoms with E-state index in [1.807, 2.05) is 0 Å². The number of nitrogens with two attached hydrogens (primary N) is 1. The van der Waals surface area contributed by atoms with Gasteiger partial charge in [0.05, 0.1) is 14.2 Å². The lowest BCUT2D eigenvalue weighted by Gasteiger charge is -2.11. The van der Waals surface area contributed by atoms with Gasteiger partial charge in [-0.2, -0.15) is 0 Å². The van der Waals surface area contributed by atoms with Crippen molar-refractivity contribution >= 4 is 23.3 Å². The third-order valence-electron chi connectivity index (χ3n) is 3.07. The van der Waals surface area contributed by atoms with Crippen LogP contribution in [0.2, 0.25) is 0 Å². The fourth-order valence-electron chi connectivity index (χ4n) is 1.93. The minimum absolute atomic E-state index is 0.371.